The Hall–Kier alpha value is -0.0400. The summed E-state index contributed by atoms with van der Waals surface area (Å²) in [6.07, 6.45) is 13.1. The van der Waals surface area contributed by atoms with E-state index in [0.29, 0.717) is 5.41 Å². The molecule has 0 bridgehead atoms. The largest absolute Gasteiger partial charge is 0.316 e. The molecule has 0 saturated heterocycles. The molecule has 0 spiro atoms. The van der Waals surface area contributed by atoms with Crippen molar-refractivity contribution >= 4 is 0 Å². The normalized spacial score (nSPS) is 32.8. The monoisotopic (exact) mass is 237 g/mol. The van der Waals surface area contributed by atoms with Crippen molar-refractivity contribution in [3.05, 3.63) is 0 Å². The molecule has 1 heteroatoms. The van der Waals surface area contributed by atoms with Gasteiger partial charge >= 0.3 is 0 Å². The van der Waals surface area contributed by atoms with Crippen LogP contribution < -0.4 is 5.32 Å². The van der Waals surface area contributed by atoms with E-state index in [4.69, 9.17) is 0 Å². The highest BCUT2D eigenvalue weighted by molar-refractivity contribution is 4.86. The van der Waals surface area contributed by atoms with Gasteiger partial charge in [0.25, 0.3) is 0 Å². The van der Waals surface area contributed by atoms with Gasteiger partial charge in [-0.25, -0.2) is 0 Å². The van der Waals surface area contributed by atoms with Crippen LogP contribution in [-0.4, -0.2) is 13.1 Å². The fourth-order valence-corrected chi connectivity index (χ4v) is 3.86. The SMILES string of the molecule is CCC1(CNCC2CCC(C)CC2)CCCC1. The molecule has 0 aromatic rings. The van der Waals surface area contributed by atoms with Crippen molar-refractivity contribution in [3.8, 4) is 0 Å². The van der Waals surface area contributed by atoms with E-state index in [1.165, 1.54) is 70.9 Å². The predicted octanol–water partition coefficient (Wildman–Crippen LogP) is 4.37. The summed E-state index contributed by atoms with van der Waals surface area (Å²) in [5.41, 5.74) is 0.669. The topological polar surface area (TPSA) is 12.0 Å². The lowest BCUT2D eigenvalue weighted by atomic mass is 9.81. The Kier molecular flexibility index (Phi) is 4.90. The maximum absolute atomic E-state index is 3.80. The van der Waals surface area contributed by atoms with Crippen LogP contribution in [0.15, 0.2) is 0 Å². The lowest BCUT2D eigenvalue weighted by molar-refractivity contribution is 0.238. The summed E-state index contributed by atoms with van der Waals surface area (Å²) in [4.78, 5) is 0. The molecule has 0 aromatic carbocycles. The van der Waals surface area contributed by atoms with Gasteiger partial charge in [0.15, 0.2) is 0 Å². The molecule has 2 aliphatic rings. The Morgan fingerprint density at radius 1 is 1.06 bits per heavy atom. The van der Waals surface area contributed by atoms with E-state index in [9.17, 15) is 0 Å². The Labute approximate surface area is 108 Å². The quantitative estimate of drug-likeness (QED) is 0.748. The summed E-state index contributed by atoms with van der Waals surface area (Å²) in [6, 6.07) is 0. The van der Waals surface area contributed by atoms with Gasteiger partial charge in [-0.2, -0.15) is 0 Å². The third-order valence-corrected chi connectivity index (χ3v) is 5.48. The van der Waals surface area contributed by atoms with Crippen LogP contribution in [0.4, 0.5) is 0 Å². The van der Waals surface area contributed by atoms with Gasteiger partial charge in [-0.05, 0) is 55.9 Å². The summed E-state index contributed by atoms with van der Waals surface area (Å²) in [7, 11) is 0. The molecule has 100 valence electrons. The maximum atomic E-state index is 3.80. The second kappa shape index (κ2) is 6.22. The van der Waals surface area contributed by atoms with Gasteiger partial charge < -0.3 is 5.32 Å². The molecule has 0 aromatic heterocycles. The van der Waals surface area contributed by atoms with Gasteiger partial charge in [0.1, 0.15) is 0 Å². The molecule has 0 atom stereocenters. The Balaban J connectivity index is 1.65. The molecule has 0 heterocycles. The third kappa shape index (κ3) is 3.71. The van der Waals surface area contributed by atoms with Crippen molar-refractivity contribution in [1.29, 1.82) is 0 Å². The van der Waals surface area contributed by atoms with Crippen molar-refractivity contribution in [2.75, 3.05) is 13.1 Å². The molecular weight excluding hydrogens is 206 g/mol. The molecule has 1 nitrogen and oxygen atoms in total. The lowest BCUT2D eigenvalue weighted by Gasteiger charge is -2.31. The number of nitrogens with one attached hydrogen (secondary N) is 1. The van der Waals surface area contributed by atoms with Gasteiger partial charge in [0.2, 0.25) is 0 Å². The number of rotatable bonds is 5. The van der Waals surface area contributed by atoms with Crippen molar-refractivity contribution in [2.24, 2.45) is 17.3 Å². The summed E-state index contributed by atoms with van der Waals surface area (Å²) in [6.45, 7) is 7.37. The van der Waals surface area contributed by atoms with Crippen LogP contribution in [0.3, 0.4) is 0 Å². The first kappa shape index (κ1) is 13.4. The lowest BCUT2D eigenvalue weighted by Crippen LogP contribution is -2.35. The van der Waals surface area contributed by atoms with E-state index in [2.05, 4.69) is 19.2 Å². The van der Waals surface area contributed by atoms with Crippen LogP contribution in [0.2, 0.25) is 0 Å². The Morgan fingerprint density at radius 3 is 2.29 bits per heavy atom. The van der Waals surface area contributed by atoms with Crippen LogP contribution in [-0.2, 0) is 0 Å². The van der Waals surface area contributed by atoms with Crippen LogP contribution in [0.1, 0.15) is 71.6 Å². The first-order valence-electron chi connectivity index (χ1n) is 7.95. The van der Waals surface area contributed by atoms with Crippen molar-refractivity contribution < 1.29 is 0 Å². The zero-order chi connectivity index (χ0) is 12.1. The maximum Gasteiger partial charge on any atom is 0.000782 e. The Morgan fingerprint density at radius 2 is 1.71 bits per heavy atom. The molecule has 2 saturated carbocycles. The van der Waals surface area contributed by atoms with Crippen molar-refractivity contribution in [1.82, 2.24) is 5.32 Å². The summed E-state index contributed by atoms with van der Waals surface area (Å²) in [5.74, 6) is 1.96. The molecule has 0 amide bonds. The van der Waals surface area contributed by atoms with Gasteiger partial charge in [-0.1, -0.05) is 39.5 Å². The minimum absolute atomic E-state index is 0.669. The number of hydrogen-bond donors (Lipinski definition) is 1. The molecule has 2 aliphatic carbocycles. The third-order valence-electron chi connectivity index (χ3n) is 5.48. The van der Waals surface area contributed by atoms with Gasteiger partial charge in [0.05, 0.1) is 0 Å². The van der Waals surface area contributed by atoms with E-state index in [0.717, 1.165) is 11.8 Å². The van der Waals surface area contributed by atoms with Crippen molar-refractivity contribution in [3.63, 3.8) is 0 Å². The number of hydrogen-bond acceptors (Lipinski definition) is 1. The fraction of sp³-hybridized carbons (Fsp3) is 1.00. The Bertz CT molecular complexity index is 210. The smallest absolute Gasteiger partial charge is 0.000782 e. The van der Waals surface area contributed by atoms with E-state index in [-0.39, 0.29) is 0 Å². The fourth-order valence-electron chi connectivity index (χ4n) is 3.86. The van der Waals surface area contributed by atoms with Crippen LogP contribution in [0.25, 0.3) is 0 Å². The van der Waals surface area contributed by atoms with Crippen LogP contribution in [0, 0.1) is 17.3 Å². The second-order valence-corrected chi connectivity index (χ2v) is 6.82. The average Bonchev–Trinajstić information content (AvgIpc) is 2.81. The first-order valence-corrected chi connectivity index (χ1v) is 7.95. The van der Waals surface area contributed by atoms with E-state index >= 15 is 0 Å². The highest BCUT2D eigenvalue weighted by atomic mass is 14.9. The first-order chi connectivity index (χ1) is 8.24. The van der Waals surface area contributed by atoms with Gasteiger partial charge in [0, 0.05) is 6.54 Å². The average molecular weight is 237 g/mol. The standard InChI is InChI=1S/C16H31N/c1-3-16(10-4-5-11-16)13-17-12-15-8-6-14(2)7-9-15/h14-15,17H,3-13H2,1-2H3. The molecule has 1 N–H and O–H groups in total. The molecule has 0 unspecified atom stereocenters. The highest BCUT2D eigenvalue weighted by Gasteiger charge is 2.31. The zero-order valence-electron chi connectivity index (χ0n) is 11.9. The van der Waals surface area contributed by atoms with E-state index in [1.54, 1.807) is 0 Å². The van der Waals surface area contributed by atoms with Crippen LogP contribution in [0.5, 0.6) is 0 Å². The summed E-state index contributed by atoms with van der Waals surface area (Å²) < 4.78 is 0. The zero-order valence-corrected chi connectivity index (χ0v) is 11.9. The molecule has 2 rings (SSSR count). The predicted molar refractivity (Wildman–Crippen MR) is 75.2 cm³/mol. The van der Waals surface area contributed by atoms with Crippen molar-refractivity contribution in [2.45, 2.75) is 71.6 Å². The van der Waals surface area contributed by atoms with E-state index in [1.807, 2.05) is 0 Å². The minimum Gasteiger partial charge on any atom is -0.316 e. The summed E-state index contributed by atoms with van der Waals surface area (Å²) >= 11 is 0. The molecule has 0 aliphatic heterocycles. The molecule has 0 radical (unpaired) electrons. The van der Waals surface area contributed by atoms with Crippen LogP contribution >= 0.6 is 0 Å². The van der Waals surface area contributed by atoms with E-state index < -0.39 is 0 Å². The molecular formula is C16H31N. The summed E-state index contributed by atoms with van der Waals surface area (Å²) in [5, 5.41) is 3.80. The molecule has 2 fully saturated rings. The second-order valence-electron chi connectivity index (χ2n) is 6.82. The highest BCUT2D eigenvalue weighted by Crippen LogP contribution is 2.40. The van der Waals surface area contributed by atoms with Gasteiger partial charge in [-0.3, -0.25) is 0 Å². The minimum atomic E-state index is 0.669. The van der Waals surface area contributed by atoms with Gasteiger partial charge in [-0.15, -0.1) is 0 Å². The molecule has 17 heavy (non-hydrogen) atoms.